The third-order valence-electron chi connectivity index (χ3n) is 7.48. The molecule has 0 spiro atoms. The van der Waals surface area contributed by atoms with Crippen LogP contribution in [0, 0.1) is 5.92 Å². The average Bonchev–Trinajstić information content (AvgIpc) is 3.34. The summed E-state index contributed by atoms with van der Waals surface area (Å²) in [5.41, 5.74) is 4.59. The second-order valence-corrected chi connectivity index (χ2v) is 10.3. The van der Waals surface area contributed by atoms with Gasteiger partial charge in [0.15, 0.2) is 0 Å². The summed E-state index contributed by atoms with van der Waals surface area (Å²) >= 11 is 0. The molecular weight excluding hydrogens is 482 g/mol. The number of aliphatic carboxylic acids is 1. The molecule has 2 aliphatic rings. The van der Waals surface area contributed by atoms with Crippen LogP contribution in [0.3, 0.4) is 0 Å². The van der Waals surface area contributed by atoms with Crippen LogP contribution in [-0.2, 0) is 29.4 Å². The third kappa shape index (κ3) is 6.39. The van der Waals surface area contributed by atoms with Crippen molar-refractivity contribution in [1.82, 2.24) is 20.1 Å². The summed E-state index contributed by atoms with van der Waals surface area (Å²) < 4.78 is 7.62. The smallest absolute Gasteiger partial charge is 0.326 e. The number of carboxylic acids is 1. The van der Waals surface area contributed by atoms with Gasteiger partial charge >= 0.3 is 5.97 Å². The first-order chi connectivity index (χ1) is 18.4. The lowest BCUT2D eigenvalue weighted by Crippen LogP contribution is -2.42. The molecule has 1 fully saturated rings. The second kappa shape index (κ2) is 11.8. The van der Waals surface area contributed by atoms with E-state index in [2.05, 4.69) is 27.9 Å². The van der Waals surface area contributed by atoms with Crippen LogP contribution in [0.4, 0.5) is 5.82 Å². The first kappa shape index (κ1) is 25.9. The lowest BCUT2D eigenvalue weighted by molar-refractivity contribution is -0.140. The summed E-state index contributed by atoms with van der Waals surface area (Å²) in [4.78, 5) is 29.3. The van der Waals surface area contributed by atoms with Gasteiger partial charge in [0.2, 0.25) is 0 Å². The molecule has 0 radical (unpaired) electrons. The third-order valence-corrected chi connectivity index (χ3v) is 7.48. The Labute approximate surface area is 222 Å². The van der Waals surface area contributed by atoms with Crippen LogP contribution in [0.25, 0.3) is 11.1 Å². The zero-order chi connectivity index (χ0) is 26.5. The molecule has 3 aromatic rings. The maximum absolute atomic E-state index is 12.8. The number of carboxylic acid groups (broad SMARTS) is 1. The van der Waals surface area contributed by atoms with Crippen LogP contribution in [-0.4, -0.2) is 57.0 Å². The number of fused-ring (bicyclic) bond motifs is 1. The number of carbonyl (C=O) groups excluding carboxylic acids is 1. The first-order valence-electron chi connectivity index (χ1n) is 13.4. The van der Waals surface area contributed by atoms with Gasteiger partial charge in [-0.05, 0) is 73.8 Å². The Morgan fingerprint density at radius 1 is 1.24 bits per heavy atom. The van der Waals surface area contributed by atoms with Gasteiger partial charge in [-0.3, -0.25) is 9.48 Å². The van der Waals surface area contributed by atoms with Crippen molar-refractivity contribution in [2.24, 2.45) is 13.0 Å². The van der Waals surface area contributed by atoms with Crippen molar-refractivity contribution in [2.45, 2.75) is 57.1 Å². The summed E-state index contributed by atoms with van der Waals surface area (Å²) in [5, 5.41) is 19.8. The van der Waals surface area contributed by atoms with Crippen LogP contribution in [0.1, 0.15) is 53.7 Å². The van der Waals surface area contributed by atoms with Crippen molar-refractivity contribution in [2.75, 3.05) is 18.5 Å². The molecule has 9 heteroatoms. The lowest BCUT2D eigenvalue weighted by atomic mass is 9.79. The van der Waals surface area contributed by atoms with Gasteiger partial charge in [0.05, 0.1) is 12.3 Å². The molecule has 200 valence electrons. The van der Waals surface area contributed by atoms with E-state index < -0.39 is 17.9 Å². The summed E-state index contributed by atoms with van der Waals surface area (Å²) in [6.07, 6.45) is 10.2. The molecule has 3 N–H and O–H groups in total. The number of aromatic nitrogens is 3. The first-order valence-corrected chi connectivity index (χ1v) is 13.4. The van der Waals surface area contributed by atoms with Crippen molar-refractivity contribution < 1.29 is 19.4 Å². The Morgan fingerprint density at radius 2 is 2.11 bits per heavy atom. The van der Waals surface area contributed by atoms with Crippen molar-refractivity contribution in [3.05, 3.63) is 65.6 Å². The van der Waals surface area contributed by atoms with E-state index in [4.69, 9.17) is 9.72 Å². The zero-order valence-corrected chi connectivity index (χ0v) is 21.7. The molecule has 1 saturated carbocycles. The molecular formula is C29H35N5O4. The molecule has 3 heterocycles. The summed E-state index contributed by atoms with van der Waals surface area (Å²) in [5.74, 6) is 0.166. The van der Waals surface area contributed by atoms with Gasteiger partial charge in [0.25, 0.3) is 5.91 Å². The fourth-order valence-corrected chi connectivity index (χ4v) is 5.17. The number of nitrogens with zero attached hydrogens (tertiary/aromatic N) is 3. The van der Waals surface area contributed by atoms with E-state index in [9.17, 15) is 14.7 Å². The zero-order valence-electron chi connectivity index (χ0n) is 21.7. The molecule has 1 atom stereocenters. The van der Waals surface area contributed by atoms with E-state index in [1.165, 1.54) is 5.56 Å². The number of rotatable bonds is 11. The number of pyridine rings is 1. The number of ether oxygens (including phenoxy) is 1. The van der Waals surface area contributed by atoms with E-state index in [0.717, 1.165) is 67.7 Å². The summed E-state index contributed by atoms with van der Waals surface area (Å²) in [6, 6.07) is 10.4. The Hall–Kier alpha value is -3.72. The topological polar surface area (TPSA) is 118 Å². The highest BCUT2D eigenvalue weighted by Crippen LogP contribution is 2.34. The Kier molecular flexibility index (Phi) is 8.03. The summed E-state index contributed by atoms with van der Waals surface area (Å²) in [6.45, 7) is 1.29. The maximum atomic E-state index is 12.8. The predicted molar refractivity (Wildman–Crippen MR) is 144 cm³/mol. The van der Waals surface area contributed by atoms with Crippen molar-refractivity contribution in [3.63, 3.8) is 0 Å². The lowest BCUT2D eigenvalue weighted by Gasteiger charge is -2.35. The van der Waals surface area contributed by atoms with Crippen molar-refractivity contribution in [1.29, 1.82) is 0 Å². The predicted octanol–water partition coefficient (Wildman–Crippen LogP) is 3.84. The van der Waals surface area contributed by atoms with Gasteiger partial charge in [-0.15, -0.1) is 0 Å². The molecule has 1 amide bonds. The fraction of sp³-hybridized carbons (Fsp3) is 0.448. The van der Waals surface area contributed by atoms with E-state index in [0.29, 0.717) is 18.1 Å². The van der Waals surface area contributed by atoms with Crippen LogP contribution < -0.4 is 10.6 Å². The standard InChI is InChI=1S/C29H35N5O4/c1-34-18-23(17-31-34)21-4-2-5-22(16-21)28(35)33-26(29(36)37)11-13-38-25-14-19(15-25)7-9-24-10-8-20-6-3-12-30-27(20)32-24/h2,4-5,8,10,16-19,25-26H,3,6-7,9,11-15H2,1H3,(H,30,32)(H,33,35)(H,36,37)/t19?,25?,26-/m0/s1. The van der Waals surface area contributed by atoms with E-state index in [-0.39, 0.29) is 12.5 Å². The normalized spacial score (nSPS) is 19.1. The number of amides is 1. The molecule has 0 saturated heterocycles. The van der Waals surface area contributed by atoms with E-state index in [1.54, 1.807) is 29.1 Å². The van der Waals surface area contributed by atoms with Gasteiger partial charge < -0.3 is 20.5 Å². The highest BCUT2D eigenvalue weighted by Gasteiger charge is 2.30. The Balaban J connectivity index is 1.03. The molecule has 0 unspecified atom stereocenters. The Bertz CT molecular complexity index is 1280. The number of aryl methyl sites for hydroxylation is 3. The molecule has 5 rings (SSSR count). The number of carbonyl (C=O) groups is 2. The van der Waals surface area contributed by atoms with Gasteiger partial charge in [0.1, 0.15) is 11.9 Å². The minimum atomic E-state index is -1.07. The molecule has 1 aliphatic heterocycles. The van der Waals surface area contributed by atoms with Crippen LogP contribution in [0.2, 0.25) is 0 Å². The molecule has 0 bridgehead atoms. The fourth-order valence-electron chi connectivity index (χ4n) is 5.17. The number of anilines is 1. The minimum Gasteiger partial charge on any atom is -0.480 e. The molecule has 38 heavy (non-hydrogen) atoms. The Morgan fingerprint density at radius 3 is 2.89 bits per heavy atom. The number of hydrogen-bond acceptors (Lipinski definition) is 6. The molecule has 2 aromatic heterocycles. The number of nitrogens with one attached hydrogen (secondary N) is 2. The maximum Gasteiger partial charge on any atom is 0.326 e. The largest absolute Gasteiger partial charge is 0.480 e. The minimum absolute atomic E-state index is 0.152. The molecule has 9 nitrogen and oxygen atoms in total. The van der Waals surface area contributed by atoms with Crippen LogP contribution >= 0.6 is 0 Å². The van der Waals surface area contributed by atoms with Gasteiger partial charge in [0, 0.05) is 49.6 Å². The van der Waals surface area contributed by atoms with Crippen LogP contribution in [0.5, 0.6) is 0 Å². The van der Waals surface area contributed by atoms with Crippen molar-refractivity contribution >= 4 is 17.7 Å². The van der Waals surface area contributed by atoms with Crippen molar-refractivity contribution in [3.8, 4) is 11.1 Å². The van der Waals surface area contributed by atoms with Gasteiger partial charge in [-0.1, -0.05) is 18.2 Å². The monoisotopic (exact) mass is 517 g/mol. The highest BCUT2D eigenvalue weighted by atomic mass is 16.5. The number of hydrogen-bond donors (Lipinski definition) is 3. The SMILES string of the molecule is Cn1cc(-c2cccc(C(=O)N[C@@H](CCOC3CC(CCc4ccc5c(n4)NCCC5)C3)C(=O)O)c2)cn1. The van der Waals surface area contributed by atoms with E-state index in [1.807, 2.05) is 19.3 Å². The van der Waals surface area contributed by atoms with Gasteiger partial charge in [-0.25, -0.2) is 9.78 Å². The summed E-state index contributed by atoms with van der Waals surface area (Å²) in [7, 11) is 1.83. The second-order valence-electron chi connectivity index (χ2n) is 10.3. The number of benzene rings is 1. The van der Waals surface area contributed by atoms with Gasteiger partial charge in [-0.2, -0.15) is 5.10 Å². The van der Waals surface area contributed by atoms with E-state index >= 15 is 0 Å². The van der Waals surface area contributed by atoms with Crippen LogP contribution in [0.15, 0.2) is 48.8 Å². The molecule has 1 aliphatic carbocycles. The molecule has 1 aromatic carbocycles. The highest BCUT2D eigenvalue weighted by molar-refractivity contribution is 5.97. The average molecular weight is 518 g/mol. The quantitative estimate of drug-likeness (QED) is 0.354.